The molecule has 1 saturated heterocycles. The van der Waals surface area contributed by atoms with Crippen molar-refractivity contribution in [3.05, 3.63) is 53.7 Å². The van der Waals surface area contributed by atoms with Gasteiger partial charge in [0.05, 0.1) is 0 Å². The Hall–Kier alpha value is -2.56. The minimum atomic E-state index is -0.137. The number of benzene rings is 1. The van der Waals surface area contributed by atoms with Gasteiger partial charge in [0.2, 0.25) is 0 Å². The maximum atomic E-state index is 12.0. The smallest absolute Gasteiger partial charge is 0.258 e. The molecular formula is C21H27N3O2. The molecule has 0 radical (unpaired) electrons. The second-order valence-corrected chi connectivity index (χ2v) is 7.01. The van der Waals surface area contributed by atoms with E-state index in [4.69, 9.17) is 4.74 Å². The summed E-state index contributed by atoms with van der Waals surface area (Å²) in [6.45, 7) is 6.94. The predicted octanol–water partition coefficient (Wildman–Crippen LogP) is 3.50. The van der Waals surface area contributed by atoms with Crippen LogP contribution in [0.25, 0.3) is 0 Å². The Kier molecular flexibility index (Phi) is 6.10. The van der Waals surface area contributed by atoms with Crippen LogP contribution >= 0.6 is 0 Å². The molecule has 5 heteroatoms. The molecule has 1 aliphatic heterocycles. The van der Waals surface area contributed by atoms with E-state index < -0.39 is 0 Å². The number of hydrogen-bond donors (Lipinski definition) is 1. The van der Waals surface area contributed by atoms with Crippen molar-refractivity contribution in [2.75, 3.05) is 24.6 Å². The molecule has 2 aromatic rings. The van der Waals surface area contributed by atoms with Crippen molar-refractivity contribution in [3.63, 3.8) is 0 Å². The topological polar surface area (TPSA) is 54.5 Å². The molecule has 1 aliphatic rings. The number of hydrogen-bond acceptors (Lipinski definition) is 4. The number of carbonyl (C=O) groups excluding carboxylic acids is 1. The van der Waals surface area contributed by atoms with Crippen molar-refractivity contribution in [2.24, 2.45) is 0 Å². The lowest BCUT2D eigenvalue weighted by Gasteiger charge is -2.16. The molecule has 5 nitrogen and oxygen atoms in total. The van der Waals surface area contributed by atoms with Gasteiger partial charge >= 0.3 is 0 Å². The Bertz CT molecular complexity index is 705. The number of rotatable bonds is 7. The molecule has 0 unspecified atom stereocenters. The Morgan fingerprint density at radius 3 is 2.50 bits per heavy atom. The molecular weight excluding hydrogens is 326 g/mol. The number of carbonyl (C=O) groups is 1. The second-order valence-electron chi connectivity index (χ2n) is 7.01. The minimum Gasteiger partial charge on any atom is -0.484 e. The number of amides is 1. The van der Waals surface area contributed by atoms with Crippen LogP contribution in [0, 0.1) is 0 Å². The summed E-state index contributed by atoms with van der Waals surface area (Å²) < 4.78 is 5.54. The Morgan fingerprint density at radius 2 is 1.88 bits per heavy atom. The molecule has 0 saturated carbocycles. The quantitative estimate of drug-likeness (QED) is 0.828. The van der Waals surface area contributed by atoms with Gasteiger partial charge in [-0.3, -0.25) is 4.79 Å². The Balaban J connectivity index is 1.42. The van der Waals surface area contributed by atoms with Crippen LogP contribution in [0.2, 0.25) is 0 Å². The fourth-order valence-corrected chi connectivity index (χ4v) is 3.00. The van der Waals surface area contributed by atoms with E-state index in [1.165, 1.54) is 18.4 Å². The first-order valence-corrected chi connectivity index (χ1v) is 9.31. The first kappa shape index (κ1) is 18.2. The fourth-order valence-electron chi connectivity index (χ4n) is 3.00. The largest absolute Gasteiger partial charge is 0.484 e. The SMILES string of the molecule is CC(C)c1ccc(OCC(=O)NCc2ccc(N3CCCC3)nc2)cc1. The lowest BCUT2D eigenvalue weighted by Crippen LogP contribution is -2.28. The number of pyridine rings is 1. The van der Waals surface area contributed by atoms with E-state index in [-0.39, 0.29) is 12.5 Å². The van der Waals surface area contributed by atoms with Crippen LogP contribution in [0.15, 0.2) is 42.6 Å². The molecule has 26 heavy (non-hydrogen) atoms. The van der Waals surface area contributed by atoms with E-state index in [9.17, 15) is 4.79 Å². The molecule has 2 heterocycles. The first-order valence-electron chi connectivity index (χ1n) is 9.31. The van der Waals surface area contributed by atoms with Crippen molar-refractivity contribution < 1.29 is 9.53 Å². The zero-order valence-corrected chi connectivity index (χ0v) is 15.6. The van der Waals surface area contributed by atoms with Gasteiger partial charge in [-0.2, -0.15) is 0 Å². The summed E-state index contributed by atoms with van der Waals surface area (Å²) in [6.07, 6.45) is 4.30. The molecule has 0 aliphatic carbocycles. The summed E-state index contributed by atoms with van der Waals surface area (Å²) in [7, 11) is 0. The fraction of sp³-hybridized carbons (Fsp3) is 0.429. The van der Waals surface area contributed by atoms with E-state index in [0.29, 0.717) is 18.2 Å². The molecule has 1 amide bonds. The lowest BCUT2D eigenvalue weighted by molar-refractivity contribution is -0.123. The van der Waals surface area contributed by atoms with Gasteiger partial charge in [0.25, 0.3) is 5.91 Å². The maximum absolute atomic E-state index is 12.0. The van der Waals surface area contributed by atoms with Crippen LogP contribution in [-0.2, 0) is 11.3 Å². The van der Waals surface area contributed by atoms with Crippen molar-refractivity contribution in [1.29, 1.82) is 0 Å². The average Bonchev–Trinajstić information content (AvgIpc) is 3.20. The highest BCUT2D eigenvalue weighted by molar-refractivity contribution is 5.77. The molecule has 0 spiro atoms. The maximum Gasteiger partial charge on any atom is 0.258 e. The van der Waals surface area contributed by atoms with E-state index >= 15 is 0 Å². The van der Waals surface area contributed by atoms with Gasteiger partial charge < -0.3 is 15.0 Å². The summed E-state index contributed by atoms with van der Waals surface area (Å²) in [4.78, 5) is 18.8. The van der Waals surface area contributed by atoms with Crippen molar-refractivity contribution in [3.8, 4) is 5.75 Å². The van der Waals surface area contributed by atoms with Crippen molar-refractivity contribution in [1.82, 2.24) is 10.3 Å². The van der Waals surface area contributed by atoms with Gasteiger partial charge in [0.15, 0.2) is 6.61 Å². The molecule has 0 atom stereocenters. The van der Waals surface area contributed by atoms with Gasteiger partial charge in [0, 0.05) is 25.8 Å². The highest BCUT2D eigenvalue weighted by Gasteiger charge is 2.13. The third-order valence-corrected chi connectivity index (χ3v) is 4.65. The van der Waals surface area contributed by atoms with Crippen molar-refractivity contribution >= 4 is 11.7 Å². The summed E-state index contributed by atoms with van der Waals surface area (Å²) in [5.74, 6) is 2.08. The highest BCUT2D eigenvalue weighted by atomic mass is 16.5. The summed E-state index contributed by atoms with van der Waals surface area (Å²) in [5, 5.41) is 2.87. The third kappa shape index (κ3) is 4.97. The second kappa shape index (κ2) is 8.70. The lowest BCUT2D eigenvalue weighted by atomic mass is 10.0. The Morgan fingerprint density at radius 1 is 1.15 bits per heavy atom. The molecule has 1 fully saturated rings. The molecule has 3 rings (SSSR count). The van der Waals surface area contributed by atoms with Gasteiger partial charge in [-0.25, -0.2) is 4.98 Å². The van der Waals surface area contributed by atoms with E-state index in [1.54, 1.807) is 0 Å². The zero-order valence-electron chi connectivity index (χ0n) is 15.6. The standard InChI is InChI=1S/C21H27N3O2/c1-16(2)18-6-8-19(9-7-18)26-15-21(25)23-14-17-5-10-20(22-13-17)24-11-3-4-12-24/h5-10,13,16H,3-4,11-12,14-15H2,1-2H3,(H,23,25). The van der Waals surface area contributed by atoms with Crippen molar-refractivity contribution in [2.45, 2.75) is 39.2 Å². The molecule has 1 aromatic heterocycles. The van der Waals surface area contributed by atoms with Gasteiger partial charge in [0.1, 0.15) is 11.6 Å². The first-order chi connectivity index (χ1) is 12.6. The number of aromatic nitrogens is 1. The van der Waals surface area contributed by atoms with Gasteiger partial charge in [-0.15, -0.1) is 0 Å². The normalized spacial score (nSPS) is 13.9. The zero-order chi connectivity index (χ0) is 18.4. The van der Waals surface area contributed by atoms with Crippen LogP contribution in [0.4, 0.5) is 5.82 Å². The van der Waals surface area contributed by atoms with Crippen LogP contribution in [0.5, 0.6) is 5.75 Å². The van der Waals surface area contributed by atoms with Crippen LogP contribution in [-0.4, -0.2) is 30.6 Å². The number of anilines is 1. The van der Waals surface area contributed by atoms with Crippen LogP contribution in [0.3, 0.4) is 0 Å². The van der Waals surface area contributed by atoms with Gasteiger partial charge in [-0.1, -0.05) is 32.0 Å². The molecule has 1 aromatic carbocycles. The van der Waals surface area contributed by atoms with Crippen LogP contribution in [0.1, 0.15) is 43.7 Å². The minimum absolute atomic E-state index is 0.0142. The average molecular weight is 353 g/mol. The third-order valence-electron chi connectivity index (χ3n) is 4.65. The summed E-state index contributed by atoms with van der Waals surface area (Å²) >= 11 is 0. The predicted molar refractivity (Wildman–Crippen MR) is 104 cm³/mol. The number of nitrogens with zero attached hydrogens (tertiary/aromatic N) is 2. The Labute approximate surface area is 155 Å². The number of nitrogens with one attached hydrogen (secondary N) is 1. The van der Waals surface area contributed by atoms with E-state index in [2.05, 4.69) is 29.0 Å². The highest BCUT2D eigenvalue weighted by Crippen LogP contribution is 2.19. The van der Waals surface area contributed by atoms with Gasteiger partial charge in [-0.05, 0) is 48.1 Å². The molecule has 0 bridgehead atoms. The number of ether oxygens (including phenoxy) is 1. The molecule has 138 valence electrons. The summed E-state index contributed by atoms with van der Waals surface area (Å²) in [6, 6.07) is 11.9. The molecule has 1 N–H and O–H groups in total. The van der Waals surface area contributed by atoms with E-state index in [1.807, 2.05) is 42.6 Å². The monoisotopic (exact) mass is 353 g/mol. The van der Waals surface area contributed by atoms with E-state index in [0.717, 1.165) is 24.5 Å². The van der Waals surface area contributed by atoms with Crippen LogP contribution < -0.4 is 15.0 Å². The summed E-state index contributed by atoms with van der Waals surface area (Å²) in [5.41, 5.74) is 2.24.